The molecule has 2 heterocycles. The van der Waals surface area contributed by atoms with Crippen LogP contribution in [0.15, 0.2) is 48.9 Å². The van der Waals surface area contributed by atoms with Gasteiger partial charge in [-0.3, -0.25) is 9.78 Å². The standard InChI is InChI=1S/C19H24N4OS/c24-19(22-10-12-25-15-16-5-2-1-3-6-16)17-7-4-11-23(14-17)18-13-20-8-9-21-18/h1-3,5-6,8-9,13,17H,4,7,10-12,14-15H2,(H,22,24). The summed E-state index contributed by atoms with van der Waals surface area (Å²) in [4.78, 5) is 23.0. The first-order valence-electron chi connectivity index (χ1n) is 8.73. The third kappa shape index (κ3) is 5.46. The number of nitrogens with zero attached hydrogens (tertiary/aromatic N) is 3. The third-order valence-electron chi connectivity index (χ3n) is 4.32. The molecule has 1 saturated heterocycles. The monoisotopic (exact) mass is 356 g/mol. The molecule has 132 valence electrons. The highest BCUT2D eigenvalue weighted by Gasteiger charge is 2.26. The maximum atomic E-state index is 12.4. The van der Waals surface area contributed by atoms with Crippen molar-refractivity contribution < 1.29 is 4.79 Å². The van der Waals surface area contributed by atoms with Gasteiger partial charge in [-0.05, 0) is 18.4 Å². The molecule has 1 aromatic carbocycles. The Balaban J connectivity index is 1.38. The lowest BCUT2D eigenvalue weighted by Crippen LogP contribution is -2.43. The molecule has 0 bridgehead atoms. The number of amides is 1. The van der Waals surface area contributed by atoms with Crippen LogP contribution in [0.2, 0.25) is 0 Å². The summed E-state index contributed by atoms with van der Waals surface area (Å²) in [6.45, 7) is 2.38. The van der Waals surface area contributed by atoms with Crippen LogP contribution in [-0.2, 0) is 10.5 Å². The topological polar surface area (TPSA) is 58.1 Å². The Bertz CT molecular complexity index is 653. The summed E-state index contributed by atoms with van der Waals surface area (Å²) in [6.07, 6.45) is 7.09. The molecule has 6 heteroatoms. The van der Waals surface area contributed by atoms with Gasteiger partial charge < -0.3 is 10.2 Å². The Hall–Kier alpha value is -2.08. The van der Waals surface area contributed by atoms with Gasteiger partial charge in [0.1, 0.15) is 5.82 Å². The van der Waals surface area contributed by atoms with E-state index in [1.165, 1.54) is 5.56 Å². The van der Waals surface area contributed by atoms with E-state index in [-0.39, 0.29) is 11.8 Å². The summed E-state index contributed by atoms with van der Waals surface area (Å²) >= 11 is 1.85. The van der Waals surface area contributed by atoms with Crippen LogP contribution in [-0.4, -0.2) is 41.3 Å². The molecule has 3 rings (SSSR count). The molecular formula is C19H24N4OS. The molecule has 1 aromatic heterocycles. The highest BCUT2D eigenvalue weighted by Crippen LogP contribution is 2.21. The van der Waals surface area contributed by atoms with Gasteiger partial charge in [-0.1, -0.05) is 30.3 Å². The van der Waals surface area contributed by atoms with Gasteiger partial charge in [0.15, 0.2) is 0 Å². The zero-order valence-electron chi connectivity index (χ0n) is 14.3. The van der Waals surface area contributed by atoms with Crippen molar-refractivity contribution in [1.29, 1.82) is 0 Å². The Morgan fingerprint density at radius 1 is 1.28 bits per heavy atom. The van der Waals surface area contributed by atoms with Crippen LogP contribution in [0.4, 0.5) is 5.82 Å². The van der Waals surface area contributed by atoms with Crippen molar-refractivity contribution >= 4 is 23.5 Å². The summed E-state index contributed by atoms with van der Waals surface area (Å²) in [5.41, 5.74) is 1.32. The number of rotatable bonds is 7. The average molecular weight is 356 g/mol. The lowest BCUT2D eigenvalue weighted by atomic mass is 9.97. The summed E-state index contributed by atoms with van der Waals surface area (Å²) in [5.74, 6) is 2.98. The quantitative estimate of drug-likeness (QED) is 0.773. The molecule has 0 spiro atoms. The minimum atomic E-state index is 0.0369. The molecule has 1 aliphatic heterocycles. The number of aromatic nitrogens is 2. The molecule has 0 saturated carbocycles. The molecule has 1 N–H and O–H groups in total. The summed E-state index contributed by atoms with van der Waals surface area (Å²) < 4.78 is 0. The van der Waals surface area contributed by atoms with E-state index in [0.29, 0.717) is 0 Å². The molecule has 25 heavy (non-hydrogen) atoms. The lowest BCUT2D eigenvalue weighted by molar-refractivity contribution is -0.125. The maximum Gasteiger partial charge on any atom is 0.224 e. The van der Waals surface area contributed by atoms with Gasteiger partial charge in [0, 0.05) is 43.5 Å². The first-order valence-corrected chi connectivity index (χ1v) is 9.89. The number of anilines is 1. The van der Waals surface area contributed by atoms with Gasteiger partial charge in [-0.15, -0.1) is 0 Å². The van der Waals surface area contributed by atoms with Crippen molar-refractivity contribution in [3.05, 3.63) is 54.5 Å². The highest BCUT2D eigenvalue weighted by molar-refractivity contribution is 7.98. The molecule has 1 fully saturated rings. The van der Waals surface area contributed by atoms with Crippen LogP contribution in [0, 0.1) is 5.92 Å². The van der Waals surface area contributed by atoms with Gasteiger partial charge in [0.25, 0.3) is 0 Å². The van der Waals surface area contributed by atoms with E-state index < -0.39 is 0 Å². The Kier molecular flexibility index (Phi) is 6.68. The summed E-state index contributed by atoms with van der Waals surface area (Å²) in [5, 5.41) is 3.09. The second-order valence-corrected chi connectivity index (χ2v) is 7.28. The van der Waals surface area contributed by atoms with Crippen LogP contribution in [0.5, 0.6) is 0 Å². The zero-order chi connectivity index (χ0) is 17.3. The van der Waals surface area contributed by atoms with Gasteiger partial charge in [-0.25, -0.2) is 4.98 Å². The fourth-order valence-corrected chi connectivity index (χ4v) is 3.83. The fraction of sp³-hybridized carbons (Fsp3) is 0.421. The highest BCUT2D eigenvalue weighted by atomic mass is 32.2. The minimum Gasteiger partial charge on any atom is -0.355 e. The smallest absolute Gasteiger partial charge is 0.224 e. The largest absolute Gasteiger partial charge is 0.355 e. The summed E-state index contributed by atoms with van der Waals surface area (Å²) in [6, 6.07) is 10.4. The van der Waals surface area contributed by atoms with E-state index in [9.17, 15) is 4.79 Å². The number of carbonyl (C=O) groups is 1. The molecule has 1 amide bonds. The van der Waals surface area contributed by atoms with Crippen molar-refractivity contribution in [3.63, 3.8) is 0 Å². The Morgan fingerprint density at radius 3 is 2.96 bits per heavy atom. The number of hydrogen-bond acceptors (Lipinski definition) is 5. The van der Waals surface area contributed by atoms with Crippen LogP contribution in [0.3, 0.4) is 0 Å². The minimum absolute atomic E-state index is 0.0369. The third-order valence-corrected chi connectivity index (χ3v) is 5.35. The van der Waals surface area contributed by atoms with Crippen molar-refractivity contribution in [1.82, 2.24) is 15.3 Å². The fourth-order valence-electron chi connectivity index (χ4n) is 3.01. The van der Waals surface area contributed by atoms with Crippen molar-refractivity contribution in [3.8, 4) is 0 Å². The summed E-state index contributed by atoms with van der Waals surface area (Å²) in [7, 11) is 0. The van der Waals surface area contributed by atoms with E-state index in [2.05, 4.69) is 44.5 Å². The van der Waals surface area contributed by atoms with Crippen LogP contribution in [0.1, 0.15) is 18.4 Å². The van der Waals surface area contributed by atoms with Crippen molar-refractivity contribution in [2.45, 2.75) is 18.6 Å². The van der Waals surface area contributed by atoms with Gasteiger partial charge in [-0.2, -0.15) is 11.8 Å². The molecule has 5 nitrogen and oxygen atoms in total. The van der Waals surface area contributed by atoms with E-state index in [0.717, 1.165) is 49.8 Å². The Morgan fingerprint density at radius 2 is 2.16 bits per heavy atom. The normalized spacial score (nSPS) is 17.3. The molecular weight excluding hydrogens is 332 g/mol. The second-order valence-electron chi connectivity index (χ2n) is 6.18. The van der Waals surface area contributed by atoms with Crippen LogP contribution in [0.25, 0.3) is 0 Å². The number of carbonyl (C=O) groups excluding carboxylic acids is 1. The van der Waals surface area contributed by atoms with Gasteiger partial charge >= 0.3 is 0 Å². The number of thioether (sulfide) groups is 1. The SMILES string of the molecule is O=C(NCCSCc1ccccc1)C1CCCN(c2cnccn2)C1. The molecule has 1 aliphatic rings. The number of nitrogens with one attached hydrogen (secondary N) is 1. The molecule has 1 unspecified atom stereocenters. The second kappa shape index (κ2) is 9.42. The molecule has 0 radical (unpaired) electrons. The van der Waals surface area contributed by atoms with Crippen LogP contribution < -0.4 is 10.2 Å². The zero-order valence-corrected chi connectivity index (χ0v) is 15.1. The van der Waals surface area contributed by atoms with Gasteiger partial charge in [0.2, 0.25) is 5.91 Å². The molecule has 1 atom stereocenters. The first-order chi connectivity index (χ1) is 12.3. The maximum absolute atomic E-state index is 12.4. The molecule has 0 aliphatic carbocycles. The van der Waals surface area contributed by atoms with Crippen LogP contribution >= 0.6 is 11.8 Å². The number of hydrogen-bond donors (Lipinski definition) is 1. The van der Waals surface area contributed by atoms with E-state index in [1.807, 2.05) is 17.8 Å². The van der Waals surface area contributed by atoms with E-state index >= 15 is 0 Å². The predicted octanol–water partition coefficient (Wildman–Crippen LogP) is 2.74. The van der Waals surface area contributed by atoms with E-state index in [4.69, 9.17) is 0 Å². The van der Waals surface area contributed by atoms with E-state index in [1.54, 1.807) is 18.6 Å². The number of benzene rings is 1. The molecule has 2 aromatic rings. The van der Waals surface area contributed by atoms with Crippen molar-refractivity contribution in [2.24, 2.45) is 5.92 Å². The first kappa shape index (κ1) is 17.7. The number of piperidine rings is 1. The predicted molar refractivity (Wildman–Crippen MR) is 103 cm³/mol. The van der Waals surface area contributed by atoms with Crippen molar-refractivity contribution in [2.75, 3.05) is 30.3 Å². The lowest BCUT2D eigenvalue weighted by Gasteiger charge is -2.32. The Labute approximate surface area is 153 Å². The van der Waals surface area contributed by atoms with Gasteiger partial charge in [0.05, 0.1) is 12.1 Å². The average Bonchev–Trinajstić information content (AvgIpc) is 2.69.